The lowest BCUT2D eigenvalue weighted by Gasteiger charge is -2.09. The Morgan fingerprint density at radius 2 is 1.68 bits per heavy atom. The number of rotatable bonds is 3. The molecule has 0 radical (unpaired) electrons. The second-order valence-corrected chi connectivity index (χ2v) is 5.10. The molecule has 1 heterocycles. The molecule has 0 aliphatic rings. The summed E-state index contributed by atoms with van der Waals surface area (Å²) in [4.78, 5) is 23.6. The van der Waals surface area contributed by atoms with Gasteiger partial charge >= 0.3 is 5.69 Å². The summed E-state index contributed by atoms with van der Waals surface area (Å²) in [5, 5.41) is 0.812. The van der Waals surface area contributed by atoms with Crippen molar-refractivity contribution in [3.8, 4) is 0 Å². The molecule has 0 saturated carbocycles. The van der Waals surface area contributed by atoms with E-state index in [0.717, 1.165) is 15.5 Å². The molecule has 0 N–H and O–H groups in total. The molecule has 4 nitrogen and oxygen atoms in total. The zero-order valence-corrected chi connectivity index (χ0v) is 12.5. The summed E-state index contributed by atoms with van der Waals surface area (Å²) in [6, 6.07) is 8.01. The van der Waals surface area contributed by atoms with Gasteiger partial charge in [0.2, 0.25) is 0 Å². The summed E-state index contributed by atoms with van der Waals surface area (Å²) in [6.45, 7) is 2.18. The van der Waals surface area contributed by atoms with Gasteiger partial charge in [-0.15, -0.1) is 0 Å². The Morgan fingerprint density at radius 3 is 2.26 bits per heavy atom. The van der Waals surface area contributed by atoms with Gasteiger partial charge in [-0.3, -0.25) is 13.9 Å². The Labute approximate surface area is 119 Å². The highest BCUT2D eigenvalue weighted by atomic mass is 79.9. The summed E-state index contributed by atoms with van der Waals surface area (Å²) in [6.07, 6.45) is 1.61. The van der Waals surface area contributed by atoms with E-state index >= 15 is 0 Å². The third kappa shape index (κ3) is 2.87. The Balaban J connectivity index is 2.38. The standard InChI is InChI=1S/C14H15BrN2O2/c1-10-8-17(14(19)16(2)13(10)18)9-12-5-3-11(7-15)4-6-12/h3-6,8H,7,9H2,1-2H3. The largest absolute Gasteiger partial charge is 0.331 e. The minimum absolute atomic E-state index is 0.240. The van der Waals surface area contributed by atoms with Crippen LogP contribution in [0.25, 0.3) is 0 Å². The molecule has 2 rings (SSSR count). The van der Waals surface area contributed by atoms with Gasteiger partial charge in [-0.1, -0.05) is 40.2 Å². The van der Waals surface area contributed by atoms with Gasteiger partial charge in [-0.05, 0) is 18.1 Å². The van der Waals surface area contributed by atoms with Crippen molar-refractivity contribution in [2.75, 3.05) is 0 Å². The van der Waals surface area contributed by atoms with Crippen LogP contribution in [0.4, 0.5) is 0 Å². The van der Waals surface area contributed by atoms with Gasteiger partial charge in [-0.25, -0.2) is 4.79 Å². The molecule has 5 heteroatoms. The van der Waals surface area contributed by atoms with Crippen LogP contribution in [-0.4, -0.2) is 9.13 Å². The van der Waals surface area contributed by atoms with E-state index in [9.17, 15) is 9.59 Å². The topological polar surface area (TPSA) is 44.0 Å². The van der Waals surface area contributed by atoms with Crippen LogP contribution in [0.2, 0.25) is 0 Å². The number of hydrogen-bond acceptors (Lipinski definition) is 2. The quantitative estimate of drug-likeness (QED) is 0.809. The van der Waals surface area contributed by atoms with Crippen LogP contribution < -0.4 is 11.2 Å². The number of benzene rings is 1. The average Bonchev–Trinajstić information content (AvgIpc) is 2.43. The summed E-state index contributed by atoms with van der Waals surface area (Å²) in [7, 11) is 1.50. The molecule has 0 spiro atoms. The minimum Gasteiger partial charge on any atom is -0.296 e. The van der Waals surface area contributed by atoms with Gasteiger partial charge in [0, 0.05) is 24.1 Å². The highest BCUT2D eigenvalue weighted by Crippen LogP contribution is 2.08. The fourth-order valence-electron chi connectivity index (χ4n) is 1.93. The normalized spacial score (nSPS) is 10.7. The molecule has 0 atom stereocenters. The van der Waals surface area contributed by atoms with Crippen LogP contribution in [0.15, 0.2) is 40.1 Å². The number of nitrogens with zero attached hydrogens (tertiary/aromatic N) is 2. The molecule has 0 aliphatic carbocycles. The molecule has 100 valence electrons. The highest BCUT2D eigenvalue weighted by Gasteiger charge is 2.05. The summed E-state index contributed by atoms with van der Waals surface area (Å²) >= 11 is 3.39. The molecule has 0 unspecified atom stereocenters. The van der Waals surface area contributed by atoms with Crippen LogP contribution in [0.1, 0.15) is 16.7 Å². The Morgan fingerprint density at radius 1 is 1.11 bits per heavy atom. The van der Waals surface area contributed by atoms with E-state index in [4.69, 9.17) is 0 Å². The lowest BCUT2D eigenvalue weighted by molar-refractivity contribution is 0.638. The molecular weight excluding hydrogens is 308 g/mol. The number of hydrogen-bond donors (Lipinski definition) is 0. The molecule has 0 fully saturated rings. The number of aromatic nitrogens is 2. The van der Waals surface area contributed by atoms with Gasteiger partial charge in [0.15, 0.2) is 0 Å². The van der Waals surface area contributed by atoms with E-state index in [2.05, 4.69) is 15.9 Å². The van der Waals surface area contributed by atoms with E-state index in [1.165, 1.54) is 12.6 Å². The molecule has 19 heavy (non-hydrogen) atoms. The van der Waals surface area contributed by atoms with Crippen molar-refractivity contribution in [1.29, 1.82) is 0 Å². The molecule has 1 aromatic heterocycles. The van der Waals surface area contributed by atoms with Gasteiger partial charge in [0.1, 0.15) is 0 Å². The van der Waals surface area contributed by atoms with Crippen LogP contribution >= 0.6 is 15.9 Å². The molecule has 0 aliphatic heterocycles. The number of aryl methyl sites for hydroxylation is 1. The summed E-state index contributed by atoms with van der Waals surface area (Å²) in [5.41, 5.74) is 2.26. The second-order valence-electron chi connectivity index (χ2n) is 4.54. The highest BCUT2D eigenvalue weighted by molar-refractivity contribution is 9.08. The van der Waals surface area contributed by atoms with Gasteiger partial charge < -0.3 is 0 Å². The number of halogens is 1. The lowest BCUT2D eigenvalue weighted by atomic mass is 10.1. The van der Waals surface area contributed by atoms with E-state index in [-0.39, 0.29) is 11.2 Å². The van der Waals surface area contributed by atoms with Crippen molar-refractivity contribution < 1.29 is 0 Å². The Kier molecular flexibility index (Phi) is 4.04. The first-order chi connectivity index (χ1) is 9.02. The average molecular weight is 323 g/mol. The Bertz CT molecular complexity index is 699. The monoisotopic (exact) mass is 322 g/mol. The molecule has 2 aromatic rings. The summed E-state index contributed by atoms with van der Waals surface area (Å²) in [5.74, 6) is 0. The van der Waals surface area contributed by atoms with Gasteiger partial charge in [0.25, 0.3) is 5.56 Å². The first-order valence-corrected chi connectivity index (χ1v) is 7.06. The van der Waals surface area contributed by atoms with Crippen molar-refractivity contribution in [2.24, 2.45) is 7.05 Å². The van der Waals surface area contributed by atoms with Crippen molar-refractivity contribution in [1.82, 2.24) is 9.13 Å². The molecule has 1 aromatic carbocycles. The fraction of sp³-hybridized carbons (Fsp3) is 0.286. The molecular formula is C14H15BrN2O2. The minimum atomic E-state index is -0.292. The van der Waals surface area contributed by atoms with E-state index < -0.39 is 0 Å². The van der Waals surface area contributed by atoms with E-state index in [0.29, 0.717) is 12.1 Å². The molecule has 0 bridgehead atoms. The first-order valence-electron chi connectivity index (χ1n) is 5.94. The molecule has 0 amide bonds. The maximum absolute atomic E-state index is 12.0. The predicted octanol–water partition coefficient (Wildman–Crippen LogP) is 1.80. The maximum atomic E-state index is 12.0. The first kappa shape index (κ1) is 13.8. The second kappa shape index (κ2) is 5.57. The van der Waals surface area contributed by atoms with Gasteiger partial charge in [-0.2, -0.15) is 0 Å². The lowest BCUT2D eigenvalue weighted by Crippen LogP contribution is -2.38. The smallest absolute Gasteiger partial charge is 0.296 e. The van der Waals surface area contributed by atoms with Crippen molar-refractivity contribution >= 4 is 15.9 Å². The summed E-state index contributed by atoms with van der Waals surface area (Å²) < 4.78 is 2.70. The van der Waals surface area contributed by atoms with Crippen molar-refractivity contribution in [2.45, 2.75) is 18.8 Å². The van der Waals surface area contributed by atoms with Crippen molar-refractivity contribution in [3.05, 3.63) is 68.0 Å². The van der Waals surface area contributed by atoms with Crippen LogP contribution in [0.5, 0.6) is 0 Å². The van der Waals surface area contributed by atoms with Gasteiger partial charge in [0.05, 0.1) is 6.54 Å². The third-order valence-corrected chi connectivity index (χ3v) is 3.70. The third-order valence-electron chi connectivity index (χ3n) is 3.05. The Hall–Kier alpha value is -1.62. The maximum Gasteiger partial charge on any atom is 0.331 e. The zero-order chi connectivity index (χ0) is 14.0. The van der Waals surface area contributed by atoms with Crippen LogP contribution in [-0.2, 0) is 18.9 Å². The fourth-order valence-corrected chi connectivity index (χ4v) is 2.31. The van der Waals surface area contributed by atoms with Crippen LogP contribution in [0, 0.1) is 6.92 Å². The van der Waals surface area contributed by atoms with E-state index in [1.807, 2.05) is 24.3 Å². The van der Waals surface area contributed by atoms with E-state index in [1.54, 1.807) is 17.7 Å². The SMILES string of the molecule is Cc1cn(Cc2ccc(CBr)cc2)c(=O)n(C)c1=O. The van der Waals surface area contributed by atoms with Crippen LogP contribution in [0.3, 0.4) is 0 Å². The predicted molar refractivity (Wildman–Crippen MR) is 78.9 cm³/mol. The van der Waals surface area contributed by atoms with Crippen molar-refractivity contribution in [3.63, 3.8) is 0 Å². The molecule has 0 saturated heterocycles. The number of alkyl halides is 1. The zero-order valence-electron chi connectivity index (χ0n) is 10.9.